The molecule has 3 atom stereocenters. The topological polar surface area (TPSA) is 74.2 Å². The van der Waals surface area contributed by atoms with Gasteiger partial charge in [0.2, 0.25) is 0 Å². The molecule has 6 heteroatoms. The molecule has 1 fully saturated rings. The van der Waals surface area contributed by atoms with E-state index in [2.05, 4.69) is 0 Å². The van der Waals surface area contributed by atoms with Gasteiger partial charge in [0.05, 0.1) is 26.4 Å². The summed E-state index contributed by atoms with van der Waals surface area (Å²) in [5.74, 6) is 0.0653. The highest BCUT2D eigenvalue weighted by Crippen LogP contribution is 2.29. The first-order valence-corrected chi connectivity index (χ1v) is 6.91. The first-order valence-electron chi connectivity index (χ1n) is 6.91. The molecule has 0 bridgehead atoms. The number of hydrogen-bond donors (Lipinski definition) is 1. The average molecular weight is 296 g/mol. The van der Waals surface area contributed by atoms with Crippen molar-refractivity contribution >= 4 is 5.97 Å². The van der Waals surface area contributed by atoms with Crippen LogP contribution in [0.2, 0.25) is 0 Å². The molecule has 1 aromatic rings. The van der Waals surface area contributed by atoms with Crippen molar-refractivity contribution in [2.24, 2.45) is 0 Å². The van der Waals surface area contributed by atoms with Crippen molar-refractivity contribution in [1.29, 1.82) is 0 Å². The van der Waals surface area contributed by atoms with Gasteiger partial charge in [0.25, 0.3) is 0 Å². The minimum Gasteiger partial charge on any atom is -0.497 e. The van der Waals surface area contributed by atoms with E-state index in [1.165, 1.54) is 0 Å². The van der Waals surface area contributed by atoms with Crippen LogP contribution in [0.15, 0.2) is 24.3 Å². The molecular weight excluding hydrogens is 276 g/mol. The van der Waals surface area contributed by atoms with Gasteiger partial charge >= 0.3 is 5.97 Å². The Morgan fingerprint density at radius 2 is 2.14 bits per heavy atom. The van der Waals surface area contributed by atoms with Gasteiger partial charge in [-0.1, -0.05) is 12.1 Å². The highest BCUT2D eigenvalue weighted by Gasteiger charge is 2.34. The molecule has 0 saturated carbocycles. The Morgan fingerprint density at radius 3 is 2.76 bits per heavy atom. The zero-order valence-electron chi connectivity index (χ0n) is 12.2. The fourth-order valence-electron chi connectivity index (χ4n) is 2.10. The fraction of sp³-hybridized carbons (Fsp3) is 0.533. The van der Waals surface area contributed by atoms with Gasteiger partial charge in [-0.15, -0.1) is 0 Å². The highest BCUT2D eigenvalue weighted by atomic mass is 16.7. The van der Waals surface area contributed by atoms with Crippen molar-refractivity contribution in [1.82, 2.24) is 0 Å². The van der Waals surface area contributed by atoms with Gasteiger partial charge in [-0.05, 0) is 19.1 Å². The van der Waals surface area contributed by atoms with Crippen molar-refractivity contribution in [2.45, 2.75) is 31.8 Å². The molecule has 0 amide bonds. The van der Waals surface area contributed by atoms with Gasteiger partial charge in [0.15, 0.2) is 12.4 Å². The molecule has 1 saturated heterocycles. The van der Waals surface area contributed by atoms with Crippen LogP contribution in [-0.2, 0) is 19.0 Å². The maximum Gasteiger partial charge on any atom is 0.337 e. The van der Waals surface area contributed by atoms with Crippen molar-refractivity contribution < 1.29 is 28.8 Å². The molecule has 0 unspecified atom stereocenters. The Balaban J connectivity index is 2.00. The molecule has 1 heterocycles. The van der Waals surface area contributed by atoms with E-state index >= 15 is 0 Å². The van der Waals surface area contributed by atoms with Crippen LogP contribution in [0.5, 0.6) is 5.75 Å². The molecule has 0 radical (unpaired) electrons. The number of rotatable bonds is 5. The molecular formula is C15H20O6. The monoisotopic (exact) mass is 296 g/mol. The molecule has 116 valence electrons. The van der Waals surface area contributed by atoms with E-state index in [4.69, 9.17) is 18.9 Å². The van der Waals surface area contributed by atoms with Gasteiger partial charge in [0.1, 0.15) is 5.75 Å². The molecule has 21 heavy (non-hydrogen) atoms. The summed E-state index contributed by atoms with van der Waals surface area (Å²) in [6.07, 6.45) is -2.11. The summed E-state index contributed by atoms with van der Waals surface area (Å²) in [6.45, 7) is 2.31. The zero-order valence-corrected chi connectivity index (χ0v) is 12.2. The molecule has 0 aliphatic carbocycles. The number of carbonyl (C=O) groups excluding carboxylic acids is 1. The number of esters is 1. The number of carbonyl (C=O) groups is 1. The second-order valence-electron chi connectivity index (χ2n) is 4.64. The smallest absolute Gasteiger partial charge is 0.337 e. The SMILES string of the molecule is CCOC(=O)[C@@H](O)[C@H]1CCO[C@H](c2ccc(OC)cc2)O1. The molecule has 1 aromatic carbocycles. The lowest BCUT2D eigenvalue weighted by Gasteiger charge is -2.32. The summed E-state index contributed by atoms with van der Waals surface area (Å²) in [5, 5.41) is 9.95. The van der Waals surface area contributed by atoms with E-state index in [9.17, 15) is 9.90 Å². The van der Waals surface area contributed by atoms with Crippen LogP contribution in [0.3, 0.4) is 0 Å². The third-order valence-corrected chi connectivity index (χ3v) is 3.24. The number of aliphatic hydroxyl groups is 1. The average Bonchev–Trinajstić information content (AvgIpc) is 2.54. The van der Waals surface area contributed by atoms with Crippen molar-refractivity contribution in [3.05, 3.63) is 29.8 Å². The van der Waals surface area contributed by atoms with Crippen molar-refractivity contribution in [3.63, 3.8) is 0 Å². The van der Waals surface area contributed by atoms with Gasteiger partial charge in [-0.25, -0.2) is 4.79 Å². The standard InChI is InChI=1S/C15H20O6/c1-3-19-14(17)13(16)12-8-9-20-15(21-12)10-4-6-11(18-2)7-5-10/h4-7,12-13,15-16H,3,8-9H2,1-2H3/t12-,13+,15+/m1/s1. The van der Waals surface area contributed by atoms with Gasteiger partial charge in [0, 0.05) is 12.0 Å². The van der Waals surface area contributed by atoms with E-state index in [0.29, 0.717) is 13.0 Å². The van der Waals surface area contributed by atoms with Crippen LogP contribution < -0.4 is 4.74 Å². The second kappa shape index (κ2) is 7.40. The van der Waals surface area contributed by atoms with Crippen LogP contribution in [0.25, 0.3) is 0 Å². The normalized spacial score (nSPS) is 23.4. The molecule has 6 nitrogen and oxygen atoms in total. The van der Waals surface area contributed by atoms with Gasteiger partial charge in [-0.2, -0.15) is 0 Å². The number of hydrogen-bond acceptors (Lipinski definition) is 6. The van der Waals surface area contributed by atoms with Crippen molar-refractivity contribution in [2.75, 3.05) is 20.3 Å². The first kappa shape index (κ1) is 15.8. The number of ether oxygens (including phenoxy) is 4. The largest absolute Gasteiger partial charge is 0.497 e. The van der Waals surface area contributed by atoms with Crippen molar-refractivity contribution in [3.8, 4) is 5.75 Å². The number of aliphatic hydroxyl groups excluding tert-OH is 1. The Kier molecular flexibility index (Phi) is 5.55. The Labute approximate surface area is 123 Å². The quantitative estimate of drug-likeness (QED) is 0.828. The molecule has 0 aromatic heterocycles. The molecule has 0 spiro atoms. The van der Waals surface area contributed by atoms with E-state index in [1.54, 1.807) is 26.2 Å². The molecule has 1 N–H and O–H groups in total. The summed E-state index contributed by atoms with van der Waals surface area (Å²) in [5.41, 5.74) is 0.802. The summed E-state index contributed by atoms with van der Waals surface area (Å²) < 4.78 is 21.1. The van der Waals surface area contributed by atoms with E-state index < -0.39 is 24.5 Å². The molecule has 1 aliphatic rings. The van der Waals surface area contributed by atoms with E-state index in [-0.39, 0.29) is 6.61 Å². The predicted octanol–water partition coefficient (Wildman–Crippen LogP) is 1.42. The van der Waals surface area contributed by atoms with Gasteiger partial charge < -0.3 is 24.1 Å². The van der Waals surface area contributed by atoms with E-state index in [1.807, 2.05) is 12.1 Å². The first-order chi connectivity index (χ1) is 10.2. The highest BCUT2D eigenvalue weighted by molar-refractivity contribution is 5.75. The minimum atomic E-state index is -1.30. The van der Waals surface area contributed by atoms with Crippen LogP contribution in [-0.4, -0.2) is 43.6 Å². The summed E-state index contributed by atoms with van der Waals surface area (Å²) in [6, 6.07) is 7.24. The zero-order chi connectivity index (χ0) is 15.2. The predicted molar refractivity (Wildman–Crippen MR) is 73.8 cm³/mol. The Hall–Kier alpha value is -1.63. The van der Waals surface area contributed by atoms with Crippen LogP contribution >= 0.6 is 0 Å². The molecule has 2 rings (SSSR count). The number of benzene rings is 1. The third kappa shape index (κ3) is 3.93. The maximum atomic E-state index is 11.6. The van der Waals surface area contributed by atoms with Crippen LogP contribution in [0, 0.1) is 0 Å². The lowest BCUT2D eigenvalue weighted by molar-refractivity contribution is -0.239. The summed E-state index contributed by atoms with van der Waals surface area (Å²) in [7, 11) is 1.59. The summed E-state index contributed by atoms with van der Waals surface area (Å²) >= 11 is 0. The summed E-state index contributed by atoms with van der Waals surface area (Å²) in [4.78, 5) is 11.6. The molecule has 1 aliphatic heterocycles. The second-order valence-corrected chi connectivity index (χ2v) is 4.64. The van der Waals surface area contributed by atoms with Gasteiger partial charge in [-0.3, -0.25) is 0 Å². The van der Waals surface area contributed by atoms with Crippen LogP contribution in [0.1, 0.15) is 25.2 Å². The maximum absolute atomic E-state index is 11.6. The fourth-order valence-corrected chi connectivity index (χ4v) is 2.10. The Morgan fingerprint density at radius 1 is 1.43 bits per heavy atom. The lowest BCUT2D eigenvalue weighted by Crippen LogP contribution is -2.41. The van der Waals surface area contributed by atoms with Crippen LogP contribution in [0.4, 0.5) is 0 Å². The Bertz CT molecular complexity index is 458. The number of methoxy groups -OCH3 is 1. The third-order valence-electron chi connectivity index (χ3n) is 3.24. The lowest BCUT2D eigenvalue weighted by atomic mass is 10.1. The van der Waals surface area contributed by atoms with E-state index in [0.717, 1.165) is 11.3 Å². The minimum absolute atomic E-state index is 0.223.